The summed E-state index contributed by atoms with van der Waals surface area (Å²) >= 11 is 5.33. The van der Waals surface area contributed by atoms with E-state index in [0.717, 1.165) is 16.8 Å². The number of aliphatic hydroxyl groups excluding tert-OH is 1. The number of carbonyl (C=O) groups is 3. The van der Waals surface area contributed by atoms with Gasteiger partial charge in [-0.15, -0.1) is 18.3 Å². The first-order chi connectivity index (χ1) is 18.0. The van der Waals surface area contributed by atoms with Crippen LogP contribution in [-0.4, -0.2) is 74.5 Å². The van der Waals surface area contributed by atoms with E-state index in [1.165, 1.54) is 6.08 Å². The van der Waals surface area contributed by atoms with Gasteiger partial charge in [0, 0.05) is 22.3 Å². The van der Waals surface area contributed by atoms with E-state index in [1.807, 2.05) is 45.9 Å². The first kappa shape index (κ1) is 28.9. The Morgan fingerprint density at radius 1 is 1.32 bits per heavy atom. The lowest BCUT2D eigenvalue weighted by Gasteiger charge is -2.41. The van der Waals surface area contributed by atoms with Crippen molar-refractivity contribution in [1.82, 2.24) is 4.90 Å². The topological polar surface area (TPSA) is 87.2 Å². The quantitative estimate of drug-likeness (QED) is 0.246. The number of amides is 2. The molecule has 1 spiro atoms. The highest BCUT2D eigenvalue weighted by molar-refractivity contribution is 9.09. The van der Waals surface area contributed by atoms with Gasteiger partial charge in [0.05, 0.1) is 29.2 Å². The highest BCUT2D eigenvalue weighted by atomic mass is 79.9. The van der Waals surface area contributed by atoms with Crippen molar-refractivity contribution in [2.24, 2.45) is 17.8 Å². The van der Waals surface area contributed by atoms with E-state index in [2.05, 4.69) is 29.1 Å². The number of carbonyl (C=O) groups excluding carboxylic acids is 3. The van der Waals surface area contributed by atoms with Gasteiger partial charge in [-0.25, -0.2) is 0 Å². The maximum absolute atomic E-state index is 14.7. The number of anilines is 1. The van der Waals surface area contributed by atoms with Gasteiger partial charge in [0.1, 0.15) is 12.6 Å². The Balaban J connectivity index is 1.87. The van der Waals surface area contributed by atoms with Crippen LogP contribution in [-0.2, 0) is 19.1 Å². The van der Waals surface area contributed by atoms with Crippen LogP contribution in [0.2, 0.25) is 0 Å². The second-order valence-corrected chi connectivity index (χ2v) is 13.6. The van der Waals surface area contributed by atoms with E-state index in [-0.39, 0.29) is 47.6 Å². The van der Waals surface area contributed by atoms with Gasteiger partial charge >= 0.3 is 5.97 Å². The molecule has 1 aromatic carbocycles. The van der Waals surface area contributed by atoms with Gasteiger partial charge in [-0.05, 0) is 43.4 Å². The summed E-state index contributed by atoms with van der Waals surface area (Å²) in [6.45, 7) is 15.4. The van der Waals surface area contributed by atoms with E-state index in [1.54, 1.807) is 27.6 Å². The van der Waals surface area contributed by atoms with E-state index < -0.39 is 34.6 Å². The Labute approximate surface area is 237 Å². The largest absolute Gasteiger partial charge is 0.461 e. The molecule has 3 aliphatic rings. The Hall–Kier alpha value is -2.10. The van der Waals surface area contributed by atoms with Crippen molar-refractivity contribution in [2.45, 2.75) is 61.0 Å². The zero-order valence-electron chi connectivity index (χ0n) is 22.4. The number of thioether (sulfide) groups is 1. The molecule has 2 bridgehead atoms. The zero-order chi connectivity index (χ0) is 27.9. The summed E-state index contributed by atoms with van der Waals surface area (Å²) in [5.74, 6) is -2.42. The van der Waals surface area contributed by atoms with Crippen LogP contribution < -0.4 is 4.90 Å². The molecule has 2 amide bonds. The fraction of sp³-hybridized carbons (Fsp3) is 0.552. The van der Waals surface area contributed by atoms with Gasteiger partial charge in [-0.2, -0.15) is 0 Å². The molecule has 7 nitrogen and oxygen atoms in total. The van der Waals surface area contributed by atoms with E-state index in [9.17, 15) is 19.5 Å². The molecule has 0 radical (unpaired) electrons. The Morgan fingerprint density at radius 2 is 2.03 bits per heavy atom. The van der Waals surface area contributed by atoms with Crippen LogP contribution in [0.15, 0.2) is 43.5 Å². The number of hydrogen-bond donors (Lipinski definition) is 1. The van der Waals surface area contributed by atoms with Gasteiger partial charge in [-0.1, -0.05) is 60.6 Å². The summed E-state index contributed by atoms with van der Waals surface area (Å²) in [6.07, 6.45) is 3.75. The fourth-order valence-electron chi connectivity index (χ4n) is 6.42. The number of hydrogen-bond acceptors (Lipinski definition) is 6. The Kier molecular flexibility index (Phi) is 8.50. The molecule has 3 fully saturated rings. The first-order valence-electron chi connectivity index (χ1n) is 13.1. The van der Waals surface area contributed by atoms with Crippen LogP contribution in [0.25, 0.3) is 0 Å². The minimum Gasteiger partial charge on any atom is -0.461 e. The standard InChI is InChI=1S/C29H37BrN2O5S/c1-7-11-31(20-13-17(5)9-10-18(20)6)27(35)25-29-14-19(30)24(38-29)22(28(36)37-12-8-2)23(29)26(34)32(25)21(15-33)16(3)4/h7-10,13,16,19,21-25,33H,1-2,11-12,14-15H2,3-6H3/t19?,21-,22+,23-,24+,25?,29?/m0/s1. The summed E-state index contributed by atoms with van der Waals surface area (Å²) in [6, 6.07) is 4.53. The van der Waals surface area contributed by atoms with Crippen LogP contribution >= 0.6 is 27.7 Å². The van der Waals surface area contributed by atoms with Crippen LogP contribution in [0.4, 0.5) is 5.69 Å². The van der Waals surface area contributed by atoms with Gasteiger partial charge < -0.3 is 19.6 Å². The molecule has 1 aromatic rings. The average molecular weight is 606 g/mol. The third-order valence-electron chi connectivity index (χ3n) is 8.12. The zero-order valence-corrected chi connectivity index (χ0v) is 24.8. The minimum absolute atomic E-state index is 0.0602. The number of fused-ring (bicyclic) bond motifs is 1. The molecule has 7 atom stereocenters. The third-order valence-corrected chi connectivity index (χ3v) is 11.3. The van der Waals surface area contributed by atoms with Crippen LogP contribution in [0.5, 0.6) is 0 Å². The SMILES string of the molecule is C=CCOC(=O)[C@H]1[C@@H]2SC3(CC2Br)C(C(=O)N(CC=C)c2cc(C)ccc2C)N([C@@H](CO)C(C)C)C(=O)[C@H]13. The number of rotatable bonds is 10. The number of aliphatic hydroxyl groups is 1. The molecule has 38 heavy (non-hydrogen) atoms. The lowest BCUT2D eigenvalue weighted by molar-refractivity contribution is -0.153. The predicted molar refractivity (Wildman–Crippen MR) is 154 cm³/mol. The maximum atomic E-state index is 14.7. The second-order valence-electron chi connectivity index (χ2n) is 10.8. The van der Waals surface area contributed by atoms with Crippen LogP contribution in [0.3, 0.4) is 0 Å². The maximum Gasteiger partial charge on any atom is 0.311 e. The molecule has 1 N–H and O–H groups in total. The number of nitrogens with zero attached hydrogens (tertiary/aromatic N) is 2. The predicted octanol–water partition coefficient (Wildman–Crippen LogP) is 4.03. The highest BCUT2D eigenvalue weighted by Gasteiger charge is 2.76. The highest BCUT2D eigenvalue weighted by Crippen LogP contribution is 2.68. The number of aryl methyl sites for hydroxylation is 2. The van der Waals surface area contributed by atoms with Crippen molar-refractivity contribution in [3.8, 4) is 0 Å². The van der Waals surface area contributed by atoms with E-state index in [0.29, 0.717) is 6.42 Å². The van der Waals surface area contributed by atoms with Crippen molar-refractivity contribution in [2.75, 3.05) is 24.7 Å². The smallest absolute Gasteiger partial charge is 0.311 e. The molecule has 9 heteroatoms. The summed E-state index contributed by atoms with van der Waals surface area (Å²) in [4.78, 5) is 45.5. The van der Waals surface area contributed by atoms with Crippen LogP contribution in [0.1, 0.15) is 31.4 Å². The summed E-state index contributed by atoms with van der Waals surface area (Å²) in [5.41, 5.74) is 2.72. The molecule has 0 saturated carbocycles. The van der Waals surface area contributed by atoms with Crippen LogP contribution in [0, 0.1) is 31.6 Å². The monoisotopic (exact) mass is 604 g/mol. The molecule has 4 rings (SSSR count). The fourth-order valence-corrected chi connectivity index (χ4v) is 10.0. The van der Waals surface area contributed by atoms with E-state index in [4.69, 9.17) is 4.74 Å². The van der Waals surface area contributed by atoms with Crippen molar-refractivity contribution >= 4 is 51.2 Å². The number of benzene rings is 1. The molecule has 3 heterocycles. The molecule has 0 aromatic heterocycles. The molecular formula is C29H37BrN2O5S. The summed E-state index contributed by atoms with van der Waals surface area (Å²) < 4.78 is 4.63. The average Bonchev–Trinajstić information content (AvgIpc) is 3.46. The number of alkyl halides is 1. The normalized spacial score (nSPS) is 30.3. The Bertz CT molecular complexity index is 1140. The molecular weight excluding hydrogens is 568 g/mol. The molecule has 3 unspecified atom stereocenters. The molecule has 3 saturated heterocycles. The van der Waals surface area contributed by atoms with Gasteiger partial charge in [-0.3, -0.25) is 14.4 Å². The molecule has 3 aliphatic heterocycles. The summed E-state index contributed by atoms with van der Waals surface area (Å²) in [5, 5.41) is 10.2. The van der Waals surface area contributed by atoms with Gasteiger partial charge in [0.25, 0.3) is 5.91 Å². The van der Waals surface area contributed by atoms with Gasteiger partial charge in [0.2, 0.25) is 5.91 Å². The lowest BCUT2D eigenvalue weighted by Crippen LogP contribution is -2.59. The summed E-state index contributed by atoms with van der Waals surface area (Å²) in [7, 11) is 0. The van der Waals surface area contributed by atoms with Crippen molar-refractivity contribution in [1.29, 1.82) is 0 Å². The van der Waals surface area contributed by atoms with Crippen molar-refractivity contribution in [3.05, 3.63) is 54.6 Å². The van der Waals surface area contributed by atoms with Crippen molar-refractivity contribution < 1.29 is 24.2 Å². The van der Waals surface area contributed by atoms with Crippen molar-refractivity contribution in [3.63, 3.8) is 0 Å². The number of halogens is 1. The second kappa shape index (κ2) is 11.2. The lowest BCUT2D eigenvalue weighted by atomic mass is 9.71. The van der Waals surface area contributed by atoms with Gasteiger partial charge in [0.15, 0.2) is 0 Å². The third kappa shape index (κ3) is 4.54. The minimum atomic E-state index is -0.855. The number of likely N-dealkylation sites (tertiary alicyclic amines) is 1. The number of ether oxygens (including phenoxy) is 1. The molecule has 0 aliphatic carbocycles. The number of esters is 1. The van der Waals surface area contributed by atoms with E-state index >= 15 is 0 Å². The molecule has 206 valence electrons. The first-order valence-corrected chi connectivity index (χ1v) is 14.9. The Morgan fingerprint density at radius 3 is 2.63 bits per heavy atom.